The van der Waals surface area contributed by atoms with Crippen molar-refractivity contribution in [3.05, 3.63) is 131 Å². The molecule has 7 rings (SSSR count). The fourth-order valence-corrected chi connectivity index (χ4v) is 7.36. The molecule has 0 spiro atoms. The summed E-state index contributed by atoms with van der Waals surface area (Å²) in [6.45, 7) is 0. The maximum Gasteiger partial charge on any atom is 0.0177 e. The second-order valence-electron chi connectivity index (χ2n) is 11.1. The third kappa shape index (κ3) is 3.82. The number of hydrogen-bond acceptors (Lipinski definition) is 0. The topological polar surface area (TPSA) is 0 Å². The zero-order valence-corrected chi connectivity index (χ0v) is 21.5. The van der Waals surface area contributed by atoms with Crippen LogP contribution >= 0.6 is 0 Å². The molecule has 0 bridgehead atoms. The molecule has 0 N–H and O–H groups in total. The van der Waals surface area contributed by atoms with Gasteiger partial charge in [-0.1, -0.05) is 140 Å². The smallest absolute Gasteiger partial charge is 0.0177 e. The van der Waals surface area contributed by atoms with E-state index in [1.807, 2.05) is 0 Å². The molecule has 0 heteroatoms. The highest BCUT2D eigenvalue weighted by molar-refractivity contribution is 5.86. The molecule has 0 saturated heterocycles. The fraction of sp³-hybridized carbons (Fsp3) is 0.243. The molecule has 3 aliphatic rings. The van der Waals surface area contributed by atoms with Crippen LogP contribution in [0.25, 0.3) is 33.4 Å². The van der Waals surface area contributed by atoms with Crippen molar-refractivity contribution in [3.8, 4) is 33.4 Å². The predicted octanol–water partition coefficient (Wildman–Crippen LogP) is 10.1. The molecule has 3 aliphatic carbocycles. The van der Waals surface area contributed by atoms with Crippen LogP contribution in [0.15, 0.2) is 115 Å². The molecule has 0 aliphatic heterocycles. The molecule has 0 amide bonds. The van der Waals surface area contributed by atoms with Gasteiger partial charge in [-0.05, 0) is 75.8 Å². The Balaban J connectivity index is 1.45. The van der Waals surface area contributed by atoms with Crippen molar-refractivity contribution >= 4 is 0 Å². The molecule has 4 aromatic rings. The summed E-state index contributed by atoms with van der Waals surface area (Å²) in [7, 11) is 0. The van der Waals surface area contributed by atoms with Crippen molar-refractivity contribution in [3.63, 3.8) is 0 Å². The average molecular weight is 479 g/mol. The Morgan fingerprint density at radius 1 is 0.568 bits per heavy atom. The standard InChI is InChI=1S/C37H34/c1-2-12-24-37(23-11-1,31-17-9-10-18-31)36-33(28-15-7-4-8-16-28)21-22-34-32-20-19-29(25-30(32)26-35(34)36)27-13-5-3-6-14-27/h3-10,13-17,19-22,25H,1-2,11-12,18,23-24,26H2. The third-order valence-corrected chi connectivity index (χ3v) is 9.09. The summed E-state index contributed by atoms with van der Waals surface area (Å²) in [6.07, 6.45) is 17.1. The number of fused-ring (bicyclic) bond motifs is 3. The summed E-state index contributed by atoms with van der Waals surface area (Å²) in [5.41, 5.74) is 14.8. The van der Waals surface area contributed by atoms with E-state index in [0.29, 0.717) is 0 Å². The summed E-state index contributed by atoms with van der Waals surface area (Å²) in [4.78, 5) is 0. The summed E-state index contributed by atoms with van der Waals surface area (Å²) >= 11 is 0. The van der Waals surface area contributed by atoms with E-state index in [1.165, 1.54) is 77.5 Å². The maximum absolute atomic E-state index is 2.45. The summed E-state index contributed by atoms with van der Waals surface area (Å²) < 4.78 is 0. The number of rotatable bonds is 4. The Bertz CT molecular complexity index is 1490. The van der Waals surface area contributed by atoms with Gasteiger partial charge in [0.25, 0.3) is 0 Å². The van der Waals surface area contributed by atoms with Crippen LogP contribution in [0.2, 0.25) is 0 Å². The Morgan fingerprint density at radius 2 is 1.24 bits per heavy atom. The summed E-state index contributed by atoms with van der Waals surface area (Å²) in [6, 6.07) is 34.0. The van der Waals surface area contributed by atoms with Crippen molar-refractivity contribution in [2.24, 2.45) is 0 Å². The van der Waals surface area contributed by atoms with Crippen LogP contribution in [0.1, 0.15) is 61.6 Å². The lowest BCUT2D eigenvalue weighted by molar-refractivity contribution is 0.429. The van der Waals surface area contributed by atoms with E-state index in [-0.39, 0.29) is 5.41 Å². The maximum atomic E-state index is 2.45. The summed E-state index contributed by atoms with van der Waals surface area (Å²) in [5.74, 6) is 0. The lowest BCUT2D eigenvalue weighted by Gasteiger charge is -2.39. The second-order valence-corrected chi connectivity index (χ2v) is 11.1. The Hall–Kier alpha value is -3.64. The van der Waals surface area contributed by atoms with Crippen molar-refractivity contribution in [1.29, 1.82) is 0 Å². The molecule has 0 unspecified atom stereocenters. The molecular formula is C37H34. The van der Waals surface area contributed by atoms with Gasteiger partial charge >= 0.3 is 0 Å². The Labute approximate surface area is 221 Å². The average Bonchev–Trinajstić information content (AvgIpc) is 3.56. The second kappa shape index (κ2) is 9.34. The molecule has 4 aromatic carbocycles. The van der Waals surface area contributed by atoms with Gasteiger partial charge in [-0.25, -0.2) is 0 Å². The van der Waals surface area contributed by atoms with E-state index in [2.05, 4.69) is 109 Å². The van der Waals surface area contributed by atoms with Crippen LogP contribution < -0.4 is 0 Å². The van der Waals surface area contributed by atoms with Gasteiger partial charge in [0.05, 0.1) is 0 Å². The van der Waals surface area contributed by atoms with E-state index < -0.39 is 0 Å². The van der Waals surface area contributed by atoms with Crippen LogP contribution in [0.5, 0.6) is 0 Å². The van der Waals surface area contributed by atoms with Crippen LogP contribution in [-0.2, 0) is 11.8 Å². The molecule has 0 radical (unpaired) electrons. The van der Waals surface area contributed by atoms with Crippen LogP contribution in [0.3, 0.4) is 0 Å². The van der Waals surface area contributed by atoms with Crippen LogP contribution in [-0.4, -0.2) is 0 Å². The number of allylic oxidation sites excluding steroid dienone is 4. The lowest BCUT2D eigenvalue weighted by Crippen LogP contribution is -2.30. The van der Waals surface area contributed by atoms with E-state index in [0.717, 1.165) is 12.8 Å². The van der Waals surface area contributed by atoms with E-state index in [4.69, 9.17) is 0 Å². The van der Waals surface area contributed by atoms with E-state index in [1.54, 1.807) is 16.7 Å². The molecule has 0 aromatic heterocycles. The quantitative estimate of drug-likeness (QED) is 0.225. The highest BCUT2D eigenvalue weighted by atomic mass is 14.4. The third-order valence-electron chi connectivity index (χ3n) is 9.09. The zero-order valence-electron chi connectivity index (χ0n) is 21.5. The SMILES string of the molecule is C1=CCC(C2(c3c(-c4ccccc4)ccc4c3Cc3cc(-c5ccccc5)ccc3-4)CCCCCC2)=C1. The normalized spacial score (nSPS) is 17.7. The van der Waals surface area contributed by atoms with Crippen molar-refractivity contribution in [1.82, 2.24) is 0 Å². The van der Waals surface area contributed by atoms with E-state index >= 15 is 0 Å². The van der Waals surface area contributed by atoms with Crippen molar-refractivity contribution in [2.75, 3.05) is 0 Å². The zero-order chi connectivity index (χ0) is 24.7. The number of benzene rings is 4. The molecule has 182 valence electrons. The predicted molar refractivity (Wildman–Crippen MR) is 157 cm³/mol. The van der Waals surface area contributed by atoms with Gasteiger partial charge in [0.15, 0.2) is 0 Å². The molecule has 1 saturated carbocycles. The Morgan fingerprint density at radius 3 is 1.95 bits per heavy atom. The molecule has 37 heavy (non-hydrogen) atoms. The molecule has 0 heterocycles. The monoisotopic (exact) mass is 478 g/mol. The first-order valence-corrected chi connectivity index (χ1v) is 14.1. The number of hydrogen-bond donors (Lipinski definition) is 0. The van der Waals surface area contributed by atoms with Crippen molar-refractivity contribution < 1.29 is 0 Å². The lowest BCUT2D eigenvalue weighted by atomic mass is 9.64. The largest absolute Gasteiger partial charge is 0.0804 e. The van der Waals surface area contributed by atoms with Crippen LogP contribution in [0.4, 0.5) is 0 Å². The summed E-state index contributed by atoms with van der Waals surface area (Å²) in [5, 5.41) is 0. The van der Waals surface area contributed by atoms with Crippen LogP contribution in [0, 0.1) is 0 Å². The first kappa shape index (κ1) is 22.5. The molecule has 0 nitrogen and oxygen atoms in total. The van der Waals surface area contributed by atoms with Gasteiger partial charge in [-0.3, -0.25) is 0 Å². The fourth-order valence-electron chi connectivity index (χ4n) is 7.36. The van der Waals surface area contributed by atoms with E-state index in [9.17, 15) is 0 Å². The first-order valence-electron chi connectivity index (χ1n) is 14.1. The highest BCUT2D eigenvalue weighted by Crippen LogP contribution is 2.54. The van der Waals surface area contributed by atoms with Gasteiger partial charge in [-0.2, -0.15) is 0 Å². The van der Waals surface area contributed by atoms with Gasteiger partial charge < -0.3 is 0 Å². The first-order chi connectivity index (χ1) is 18.3. The molecule has 0 atom stereocenters. The minimum absolute atomic E-state index is 0.126. The minimum Gasteiger partial charge on any atom is -0.0804 e. The van der Waals surface area contributed by atoms with Gasteiger partial charge in [-0.15, -0.1) is 0 Å². The van der Waals surface area contributed by atoms with Gasteiger partial charge in [0.2, 0.25) is 0 Å². The van der Waals surface area contributed by atoms with Gasteiger partial charge in [0, 0.05) is 5.41 Å². The van der Waals surface area contributed by atoms with Gasteiger partial charge in [0.1, 0.15) is 0 Å². The van der Waals surface area contributed by atoms with Crippen molar-refractivity contribution in [2.45, 2.75) is 56.8 Å². The highest BCUT2D eigenvalue weighted by Gasteiger charge is 2.41. The minimum atomic E-state index is 0.126. The Kier molecular flexibility index (Phi) is 5.69. The molecule has 1 fully saturated rings. The molecular weight excluding hydrogens is 444 g/mol.